The number of non-ortho nitro benzene ring substituents is 1. The van der Waals surface area contributed by atoms with E-state index in [1.54, 1.807) is 18.2 Å². The van der Waals surface area contributed by atoms with E-state index in [1.807, 2.05) is 47.4 Å². The van der Waals surface area contributed by atoms with Gasteiger partial charge in [0.1, 0.15) is 29.9 Å². The molecule has 0 spiro atoms. The summed E-state index contributed by atoms with van der Waals surface area (Å²) in [6.07, 6.45) is 10.4. The van der Waals surface area contributed by atoms with Crippen molar-refractivity contribution in [3.05, 3.63) is 165 Å². The average molecular weight is 934 g/mol. The highest BCUT2D eigenvalue weighted by Gasteiger charge is 2.66. The largest absolute Gasteiger partial charge is 0.459 e. The van der Waals surface area contributed by atoms with Crippen molar-refractivity contribution in [2.45, 2.75) is 103 Å². The molecule has 0 bridgehead atoms. The summed E-state index contributed by atoms with van der Waals surface area (Å²) in [5.74, 6) is -0.163. The van der Waals surface area contributed by atoms with Crippen LogP contribution in [0.5, 0.6) is 17.2 Å². The number of nitro groups is 1. The van der Waals surface area contributed by atoms with Gasteiger partial charge in [-0.15, -0.1) is 6.58 Å². The van der Waals surface area contributed by atoms with Crippen LogP contribution in [0.25, 0.3) is 10.8 Å². The van der Waals surface area contributed by atoms with Crippen molar-refractivity contribution in [2.75, 3.05) is 19.8 Å². The first-order chi connectivity index (χ1) is 33.6. The van der Waals surface area contributed by atoms with E-state index in [9.17, 15) is 20.3 Å². The van der Waals surface area contributed by atoms with Gasteiger partial charge in [-0.1, -0.05) is 78.7 Å². The standard InChI is InChI=1S/C57H63N3O9/c1-4-30-66-57-53(59(56(63)41-21-22-41)35-43-15-11-14-40-12-5-6-16-47(40)43)34-51(58-67-36-39-19-23-44(24-20-39)60(64)65)49-32-42(13-7-9-28-61)48(17-8-10-29-62)54(55(49)57)50-33-46(26-27-52(50)69-57)68-45-25-18-37(2)38(3)31-45/h4-6,11-12,14-16,18-20,23-27,31-33,41-42,48,53-55,61-62H,1,7-10,13,17,21-22,28-30,34-36H2,2-3H3/t42-,48+,53-,54+,55+,57+/m0/s1. The van der Waals surface area contributed by atoms with E-state index in [0.717, 1.165) is 82.9 Å². The van der Waals surface area contributed by atoms with Gasteiger partial charge >= 0.3 is 0 Å². The second-order valence-electron chi connectivity index (χ2n) is 19.2. The second kappa shape index (κ2) is 21.1. The third-order valence-corrected chi connectivity index (χ3v) is 14.7. The molecule has 0 aromatic heterocycles. The number of rotatable bonds is 21. The molecule has 9 rings (SSSR count). The van der Waals surface area contributed by atoms with Crippen LogP contribution >= 0.6 is 0 Å². The Hall–Kier alpha value is -6.34. The van der Waals surface area contributed by atoms with E-state index in [0.29, 0.717) is 36.6 Å². The van der Waals surface area contributed by atoms with Crippen molar-refractivity contribution in [1.82, 2.24) is 4.90 Å². The zero-order chi connectivity index (χ0) is 48.1. The minimum atomic E-state index is -1.42. The predicted molar refractivity (Wildman–Crippen MR) is 266 cm³/mol. The molecule has 12 nitrogen and oxygen atoms in total. The molecular weight excluding hydrogens is 871 g/mol. The molecule has 6 atom stereocenters. The number of unbranched alkanes of at least 4 members (excludes halogenated alkanes) is 2. The Kier molecular flexibility index (Phi) is 14.6. The zero-order valence-corrected chi connectivity index (χ0v) is 39.6. The van der Waals surface area contributed by atoms with E-state index >= 15 is 4.79 Å². The van der Waals surface area contributed by atoms with Crippen LogP contribution in [-0.2, 0) is 27.5 Å². The van der Waals surface area contributed by atoms with Gasteiger partial charge in [0.05, 0.1) is 23.2 Å². The molecule has 0 unspecified atom stereocenters. The summed E-state index contributed by atoms with van der Waals surface area (Å²) in [7, 11) is 0. The molecule has 1 amide bonds. The molecule has 1 aliphatic heterocycles. The topological polar surface area (TPSA) is 153 Å². The van der Waals surface area contributed by atoms with Gasteiger partial charge in [0.25, 0.3) is 5.69 Å². The second-order valence-corrected chi connectivity index (χ2v) is 19.2. The van der Waals surface area contributed by atoms with E-state index < -0.39 is 22.7 Å². The number of aliphatic hydroxyl groups is 2. The molecule has 5 aromatic rings. The van der Waals surface area contributed by atoms with Crippen molar-refractivity contribution >= 4 is 28.1 Å². The summed E-state index contributed by atoms with van der Waals surface area (Å²) in [4.78, 5) is 34.5. The number of amides is 1. The average Bonchev–Trinajstić information content (AvgIpc) is 4.21. The van der Waals surface area contributed by atoms with Crippen molar-refractivity contribution in [1.29, 1.82) is 0 Å². The molecular formula is C57H63N3O9. The summed E-state index contributed by atoms with van der Waals surface area (Å²) in [6.45, 7) is 8.93. The van der Waals surface area contributed by atoms with Crippen molar-refractivity contribution in [2.24, 2.45) is 28.8 Å². The van der Waals surface area contributed by atoms with Crippen LogP contribution in [0, 0.1) is 47.6 Å². The molecule has 0 saturated heterocycles. The Labute approximate surface area is 404 Å². The van der Waals surface area contributed by atoms with Crippen LogP contribution in [0.2, 0.25) is 0 Å². The van der Waals surface area contributed by atoms with Gasteiger partial charge < -0.3 is 34.2 Å². The minimum Gasteiger partial charge on any atom is -0.459 e. The molecule has 4 aliphatic rings. The fourth-order valence-corrected chi connectivity index (χ4v) is 11.0. The quantitative estimate of drug-likeness (QED) is 0.0317. The minimum absolute atomic E-state index is 0.0121. The molecule has 69 heavy (non-hydrogen) atoms. The summed E-state index contributed by atoms with van der Waals surface area (Å²) in [5, 5.41) is 38.7. The van der Waals surface area contributed by atoms with Gasteiger partial charge in [0.15, 0.2) is 0 Å². The SMILES string of the molecule is C=CCO[C@@]12Oc3ccc(Oc4ccc(C)c(C)c4)cc3[C@H]3[C@H](CCCCO)[C@@H](CCCCO)C=C(C(=NOCc4ccc([N+](=O)[O-])cc4)C[C@@H]1N(Cc1cccc4ccccc14)C(=O)C1CC1)[C@H]32. The van der Waals surface area contributed by atoms with Crippen LogP contribution in [0.4, 0.5) is 5.69 Å². The van der Waals surface area contributed by atoms with Crippen molar-refractivity contribution in [3.8, 4) is 17.2 Å². The van der Waals surface area contributed by atoms with Gasteiger partial charge in [0, 0.05) is 55.7 Å². The lowest BCUT2D eigenvalue weighted by atomic mass is 9.55. The first-order valence-corrected chi connectivity index (χ1v) is 24.6. The number of fused-ring (bicyclic) bond motifs is 3. The number of benzene rings is 5. The number of oxime groups is 1. The Morgan fingerprint density at radius 3 is 2.39 bits per heavy atom. The van der Waals surface area contributed by atoms with Gasteiger partial charge in [-0.2, -0.15) is 0 Å². The maximum atomic E-state index is 15.2. The lowest BCUT2D eigenvalue weighted by Crippen LogP contribution is -2.70. The number of aliphatic hydroxyl groups excluding tert-OH is 2. The Balaban J connectivity index is 1.24. The normalized spacial score (nSPS) is 23.0. The summed E-state index contributed by atoms with van der Waals surface area (Å²) in [6, 6.07) is 32.1. The van der Waals surface area contributed by atoms with Gasteiger partial charge in [-0.3, -0.25) is 14.9 Å². The van der Waals surface area contributed by atoms with Gasteiger partial charge in [-0.05, 0) is 145 Å². The van der Waals surface area contributed by atoms with Crippen LogP contribution in [0.3, 0.4) is 0 Å². The molecule has 1 heterocycles. The van der Waals surface area contributed by atoms with E-state index in [4.69, 9.17) is 24.2 Å². The number of hydrogen-bond donors (Lipinski definition) is 2. The van der Waals surface area contributed by atoms with Crippen LogP contribution in [0.1, 0.15) is 91.5 Å². The first-order valence-electron chi connectivity index (χ1n) is 24.6. The Morgan fingerprint density at radius 1 is 0.913 bits per heavy atom. The molecule has 0 radical (unpaired) electrons. The maximum Gasteiger partial charge on any atom is 0.269 e. The number of nitro benzene ring substituents is 1. The molecule has 5 aromatic carbocycles. The number of aryl methyl sites for hydroxylation is 2. The van der Waals surface area contributed by atoms with E-state index in [2.05, 4.69) is 62.9 Å². The van der Waals surface area contributed by atoms with Gasteiger partial charge in [0.2, 0.25) is 11.7 Å². The summed E-state index contributed by atoms with van der Waals surface area (Å²) < 4.78 is 21.5. The van der Waals surface area contributed by atoms with Gasteiger partial charge in [-0.25, -0.2) is 0 Å². The molecule has 12 heteroatoms. The highest BCUT2D eigenvalue weighted by molar-refractivity contribution is 6.03. The fraction of sp³-hybridized carbons (Fsp3) is 0.404. The number of ether oxygens (including phenoxy) is 3. The van der Waals surface area contributed by atoms with E-state index in [1.165, 1.54) is 17.7 Å². The number of hydrogen-bond acceptors (Lipinski definition) is 10. The maximum absolute atomic E-state index is 15.2. The molecule has 2 N–H and O–H groups in total. The lowest BCUT2D eigenvalue weighted by molar-refractivity contribution is -0.384. The smallest absolute Gasteiger partial charge is 0.269 e. The van der Waals surface area contributed by atoms with Crippen LogP contribution in [0.15, 0.2) is 133 Å². The molecule has 360 valence electrons. The third-order valence-electron chi connectivity index (χ3n) is 14.7. The van der Waals surface area contributed by atoms with E-state index in [-0.39, 0.29) is 68.1 Å². The molecule has 2 saturated carbocycles. The fourth-order valence-electron chi connectivity index (χ4n) is 11.0. The number of carbonyl (C=O) groups excluding carboxylic acids is 1. The van der Waals surface area contributed by atoms with Crippen molar-refractivity contribution in [3.63, 3.8) is 0 Å². The lowest BCUT2D eigenvalue weighted by Gasteiger charge is -2.60. The Bertz CT molecular complexity index is 2720. The summed E-state index contributed by atoms with van der Waals surface area (Å²) >= 11 is 0. The third kappa shape index (κ3) is 10.1. The number of allylic oxidation sites excluding steroid dienone is 1. The highest BCUT2D eigenvalue weighted by atomic mass is 16.7. The van der Waals surface area contributed by atoms with Crippen LogP contribution in [-0.4, -0.2) is 63.3 Å². The van der Waals surface area contributed by atoms with Crippen molar-refractivity contribution < 1.29 is 39.0 Å². The molecule has 3 aliphatic carbocycles. The zero-order valence-electron chi connectivity index (χ0n) is 39.6. The monoisotopic (exact) mass is 933 g/mol. The summed E-state index contributed by atoms with van der Waals surface area (Å²) in [5.41, 5.74) is 6.57. The Morgan fingerprint density at radius 2 is 1.65 bits per heavy atom. The number of carbonyl (C=O) groups is 1. The first kappa shape index (κ1) is 47.7. The number of nitrogens with zero attached hydrogens (tertiary/aromatic N) is 3. The predicted octanol–water partition coefficient (Wildman–Crippen LogP) is 11.4. The molecule has 2 fully saturated rings. The highest BCUT2D eigenvalue weighted by Crippen LogP contribution is 2.62. The van der Waals surface area contributed by atoms with Crippen LogP contribution < -0.4 is 9.47 Å².